The topological polar surface area (TPSA) is 157 Å². The maximum Gasteiger partial charge on any atom is 0.246 e. The molecule has 11 heteroatoms. The SMILES string of the molecule is O=C1CNC(=O)[C@H](Cc2ccccc2)NC(=O)[C@H]2CCCN2C(=O)[C@@H](Cc2ccc(O)cc2)NC(=O)[C@H](Cc2ccccc2)N1. The zero-order valence-electron chi connectivity index (χ0n) is 24.8. The van der Waals surface area contributed by atoms with Gasteiger partial charge in [-0.2, -0.15) is 0 Å². The van der Waals surface area contributed by atoms with E-state index in [2.05, 4.69) is 21.3 Å². The lowest BCUT2D eigenvalue weighted by atomic mass is 10.0. The fraction of sp³-hybridized carbons (Fsp3) is 0.324. The van der Waals surface area contributed by atoms with Crippen LogP contribution in [0.3, 0.4) is 0 Å². The normalized spacial score (nSPS) is 23.1. The van der Waals surface area contributed by atoms with E-state index in [0.29, 0.717) is 24.9 Å². The summed E-state index contributed by atoms with van der Waals surface area (Å²) in [6.45, 7) is -0.109. The van der Waals surface area contributed by atoms with Crippen molar-refractivity contribution in [2.45, 2.75) is 56.3 Å². The minimum atomic E-state index is -1.06. The molecule has 234 valence electrons. The highest BCUT2D eigenvalue weighted by molar-refractivity contribution is 5.97. The second-order valence-electron chi connectivity index (χ2n) is 11.4. The Balaban J connectivity index is 1.47. The second-order valence-corrected chi connectivity index (χ2v) is 11.4. The van der Waals surface area contributed by atoms with E-state index in [9.17, 15) is 29.1 Å². The maximum atomic E-state index is 14.1. The Morgan fingerprint density at radius 1 is 0.622 bits per heavy atom. The summed E-state index contributed by atoms with van der Waals surface area (Å²) in [5.41, 5.74) is 2.29. The molecule has 2 aliphatic heterocycles. The molecule has 4 atom stereocenters. The van der Waals surface area contributed by atoms with Crippen LogP contribution < -0.4 is 21.3 Å². The molecule has 5 N–H and O–H groups in total. The van der Waals surface area contributed by atoms with Crippen molar-refractivity contribution in [3.05, 3.63) is 102 Å². The van der Waals surface area contributed by atoms with Crippen LogP contribution in [0.1, 0.15) is 29.5 Å². The lowest BCUT2D eigenvalue weighted by Gasteiger charge is -2.30. The summed E-state index contributed by atoms with van der Waals surface area (Å²) in [4.78, 5) is 69.4. The van der Waals surface area contributed by atoms with Gasteiger partial charge in [0.15, 0.2) is 0 Å². The largest absolute Gasteiger partial charge is 0.508 e. The minimum absolute atomic E-state index is 0.0614. The molecule has 0 bridgehead atoms. The molecule has 2 aliphatic rings. The highest BCUT2D eigenvalue weighted by atomic mass is 16.3. The number of phenolic OH excluding ortho intramolecular Hbond substituents is 1. The summed E-state index contributed by atoms with van der Waals surface area (Å²) in [5, 5.41) is 20.8. The van der Waals surface area contributed by atoms with Crippen molar-refractivity contribution in [2.75, 3.05) is 13.1 Å². The number of carbonyl (C=O) groups is 5. The van der Waals surface area contributed by atoms with Gasteiger partial charge in [0, 0.05) is 25.8 Å². The van der Waals surface area contributed by atoms with Crippen molar-refractivity contribution in [2.24, 2.45) is 0 Å². The van der Waals surface area contributed by atoms with Gasteiger partial charge in [-0.05, 0) is 41.7 Å². The summed E-state index contributed by atoms with van der Waals surface area (Å²) in [6.07, 6.45) is 1.40. The molecule has 5 rings (SSSR count). The molecule has 0 aliphatic carbocycles. The predicted molar refractivity (Wildman–Crippen MR) is 166 cm³/mol. The zero-order valence-corrected chi connectivity index (χ0v) is 24.8. The van der Waals surface area contributed by atoms with Crippen LogP contribution >= 0.6 is 0 Å². The van der Waals surface area contributed by atoms with Crippen molar-refractivity contribution in [3.63, 3.8) is 0 Å². The van der Waals surface area contributed by atoms with Gasteiger partial charge in [-0.25, -0.2) is 0 Å². The van der Waals surface area contributed by atoms with Crippen LogP contribution in [0.25, 0.3) is 0 Å². The average molecular weight is 612 g/mol. The van der Waals surface area contributed by atoms with Gasteiger partial charge in [0.1, 0.15) is 29.9 Å². The third-order valence-corrected chi connectivity index (χ3v) is 8.10. The monoisotopic (exact) mass is 611 g/mol. The summed E-state index contributed by atoms with van der Waals surface area (Å²) >= 11 is 0. The molecule has 0 radical (unpaired) electrons. The first-order valence-electron chi connectivity index (χ1n) is 15.1. The third kappa shape index (κ3) is 8.26. The van der Waals surface area contributed by atoms with Gasteiger partial charge in [-0.15, -0.1) is 0 Å². The van der Waals surface area contributed by atoms with Crippen LogP contribution in [0, 0.1) is 0 Å². The minimum Gasteiger partial charge on any atom is -0.508 e. The maximum absolute atomic E-state index is 14.1. The van der Waals surface area contributed by atoms with E-state index in [-0.39, 0.29) is 25.0 Å². The molecule has 45 heavy (non-hydrogen) atoms. The van der Waals surface area contributed by atoms with E-state index in [4.69, 9.17) is 0 Å². The fourth-order valence-electron chi connectivity index (χ4n) is 5.77. The highest BCUT2D eigenvalue weighted by Gasteiger charge is 2.40. The Bertz CT molecular complexity index is 1520. The van der Waals surface area contributed by atoms with Gasteiger partial charge >= 0.3 is 0 Å². The molecule has 0 saturated carbocycles. The number of amides is 5. The number of nitrogens with zero attached hydrogens (tertiary/aromatic N) is 1. The molecule has 3 aromatic rings. The van der Waals surface area contributed by atoms with Gasteiger partial charge in [0.2, 0.25) is 29.5 Å². The smallest absolute Gasteiger partial charge is 0.246 e. The average Bonchev–Trinajstić information content (AvgIpc) is 3.54. The van der Waals surface area contributed by atoms with Crippen molar-refractivity contribution < 1.29 is 29.1 Å². The third-order valence-electron chi connectivity index (χ3n) is 8.10. The number of aromatic hydroxyl groups is 1. The Hall–Kier alpha value is -5.19. The number of phenols is 1. The number of carbonyl (C=O) groups excluding carboxylic acids is 5. The molecule has 0 aromatic heterocycles. The molecular weight excluding hydrogens is 574 g/mol. The van der Waals surface area contributed by atoms with Crippen LogP contribution in [-0.2, 0) is 43.2 Å². The summed E-state index contributed by atoms with van der Waals surface area (Å²) in [6, 6.07) is 20.7. The van der Waals surface area contributed by atoms with Crippen molar-refractivity contribution in [1.29, 1.82) is 0 Å². The van der Waals surface area contributed by atoms with E-state index >= 15 is 0 Å². The van der Waals surface area contributed by atoms with Gasteiger partial charge in [0.25, 0.3) is 0 Å². The number of fused-ring (bicyclic) bond motifs is 1. The van der Waals surface area contributed by atoms with E-state index in [1.54, 1.807) is 12.1 Å². The number of hydrogen-bond acceptors (Lipinski definition) is 6. The molecule has 3 aromatic carbocycles. The van der Waals surface area contributed by atoms with Crippen LogP contribution in [0.15, 0.2) is 84.9 Å². The van der Waals surface area contributed by atoms with Gasteiger partial charge in [-0.3, -0.25) is 24.0 Å². The van der Waals surface area contributed by atoms with E-state index in [1.807, 2.05) is 60.7 Å². The van der Waals surface area contributed by atoms with E-state index < -0.39 is 60.2 Å². The van der Waals surface area contributed by atoms with E-state index in [0.717, 1.165) is 11.1 Å². The van der Waals surface area contributed by atoms with Crippen LogP contribution in [0.4, 0.5) is 0 Å². The summed E-state index contributed by atoms with van der Waals surface area (Å²) in [7, 11) is 0. The number of benzene rings is 3. The second kappa shape index (κ2) is 14.5. The van der Waals surface area contributed by atoms with Gasteiger partial charge in [0.05, 0.1) is 6.54 Å². The summed E-state index contributed by atoms with van der Waals surface area (Å²) < 4.78 is 0. The Morgan fingerprint density at radius 2 is 1.16 bits per heavy atom. The molecule has 0 unspecified atom stereocenters. The number of hydrogen-bond donors (Lipinski definition) is 5. The van der Waals surface area contributed by atoms with Crippen LogP contribution in [-0.4, -0.2) is 76.8 Å². The Morgan fingerprint density at radius 3 is 1.78 bits per heavy atom. The van der Waals surface area contributed by atoms with Crippen molar-refractivity contribution >= 4 is 29.5 Å². The van der Waals surface area contributed by atoms with Gasteiger partial charge in [-0.1, -0.05) is 72.8 Å². The zero-order chi connectivity index (χ0) is 31.8. The fourth-order valence-corrected chi connectivity index (χ4v) is 5.77. The number of rotatable bonds is 6. The van der Waals surface area contributed by atoms with Crippen molar-refractivity contribution in [1.82, 2.24) is 26.2 Å². The predicted octanol–water partition coefficient (Wildman–Crippen LogP) is 0.995. The molecule has 5 amide bonds. The van der Waals surface area contributed by atoms with Crippen LogP contribution in [0.5, 0.6) is 5.75 Å². The molecule has 2 heterocycles. The Labute approximate surface area is 261 Å². The lowest BCUT2D eigenvalue weighted by Crippen LogP contribution is -2.58. The number of nitrogens with one attached hydrogen (secondary N) is 4. The quantitative estimate of drug-likeness (QED) is 0.280. The molecule has 11 nitrogen and oxygen atoms in total. The standard InChI is InChI=1S/C34H37N5O6/c40-25-15-13-24(14-16-25)20-28-34(45)39-17-7-12-29(39)33(44)37-26(18-22-8-3-1-4-9-22)31(42)35-21-30(41)36-27(32(43)38-28)19-23-10-5-2-6-11-23/h1-6,8-11,13-16,26-29,40H,7,12,17-21H2,(H,35,42)(H,36,41)(H,37,44)(H,38,43)/t26-,27-,28+,29+/m0/s1. The van der Waals surface area contributed by atoms with E-state index in [1.165, 1.54) is 17.0 Å². The Kier molecular flexibility index (Phi) is 10.1. The lowest BCUT2D eigenvalue weighted by molar-refractivity contribution is -0.142. The highest BCUT2D eigenvalue weighted by Crippen LogP contribution is 2.21. The van der Waals surface area contributed by atoms with Crippen molar-refractivity contribution in [3.8, 4) is 5.75 Å². The molecule has 0 spiro atoms. The first kappa shape index (κ1) is 31.2. The first-order valence-corrected chi connectivity index (χ1v) is 15.1. The molecular formula is C34H37N5O6. The molecule has 2 saturated heterocycles. The van der Waals surface area contributed by atoms with Crippen LogP contribution in [0.2, 0.25) is 0 Å². The summed E-state index contributed by atoms with van der Waals surface area (Å²) in [5.74, 6) is -2.59. The first-order chi connectivity index (χ1) is 21.8. The molecule has 2 fully saturated rings. The van der Waals surface area contributed by atoms with Gasteiger partial charge < -0.3 is 31.3 Å².